The zero-order valence-electron chi connectivity index (χ0n) is 17.3. The van der Waals surface area contributed by atoms with Gasteiger partial charge in [-0.15, -0.1) is 0 Å². The van der Waals surface area contributed by atoms with Crippen molar-refractivity contribution < 1.29 is 9.53 Å². The molecule has 0 saturated heterocycles. The number of aromatic amines is 1. The molecule has 3 aromatic rings. The summed E-state index contributed by atoms with van der Waals surface area (Å²) in [5, 5.41) is 9.81. The highest BCUT2D eigenvalue weighted by atomic mass is 16.5. The Hall–Kier alpha value is -3.40. The van der Waals surface area contributed by atoms with Gasteiger partial charge >= 0.3 is 0 Å². The molecule has 10 nitrogen and oxygen atoms in total. The lowest BCUT2D eigenvalue weighted by atomic mass is 9.87. The molecule has 1 aliphatic carbocycles. The number of H-pyrrole nitrogens is 1. The SMILES string of the molecule is CO[C@H]1CC[C@H](CN2C(=O)CNc3ncc(-c4ccc(-c5nc[nH]n5)nc4)nc32)CC1. The molecule has 4 heterocycles. The zero-order chi connectivity index (χ0) is 21.2. The molecule has 0 bridgehead atoms. The van der Waals surface area contributed by atoms with E-state index < -0.39 is 0 Å². The van der Waals surface area contributed by atoms with Crippen LogP contribution in [0.2, 0.25) is 0 Å². The number of fused-ring (bicyclic) bond motifs is 1. The summed E-state index contributed by atoms with van der Waals surface area (Å²) in [7, 11) is 1.77. The van der Waals surface area contributed by atoms with Crippen LogP contribution in [0.4, 0.5) is 11.6 Å². The zero-order valence-corrected chi connectivity index (χ0v) is 17.3. The van der Waals surface area contributed by atoms with Gasteiger partial charge in [-0.25, -0.2) is 15.0 Å². The largest absolute Gasteiger partial charge is 0.381 e. The quantitative estimate of drug-likeness (QED) is 0.645. The Kier molecular flexibility index (Phi) is 5.29. The van der Waals surface area contributed by atoms with E-state index in [0.29, 0.717) is 47.4 Å². The molecular weight excluding hydrogens is 396 g/mol. The number of anilines is 2. The minimum Gasteiger partial charge on any atom is -0.381 e. The molecule has 0 spiro atoms. The van der Waals surface area contributed by atoms with Crippen molar-refractivity contribution in [1.29, 1.82) is 0 Å². The molecule has 1 saturated carbocycles. The van der Waals surface area contributed by atoms with Gasteiger partial charge in [0.1, 0.15) is 12.0 Å². The smallest absolute Gasteiger partial charge is 0.247 e. The fourth-order valence-corrected chi connectivity index (χ4v) is 4.21. The van der Waals surface area contributed by atoms with Crippen molar-refractivity contribution in [2.45, 2.75) is 31.8 Å². The van der Waals surface area contributed by atoms with Crippen molar-refractivity contribution in [1.82, 2.24) is 30.1 Å². The predicted octanol–water partition coefficient (Wildman–Crippen LogP) is 2.29. The Morgan fingerprint density at radius 3 is 2.68 bits per heavy atom. The Morgan fingerprint density at radius 1 is 1.10 bits per heavy atom. The van der Waals surface area contributed by atoms with Crippen LogP contribution in [0.25, 0.3) is 22.8 Å². The predicted molar refractivity (Wildman–Crippen MR) is 114 cm³/mol. The van der Waals surface area contributed by atoms with Gasteiger partial charge in [0.15, 0.2) is 17.5 Å². The van der Waals surface area contributed by atoms with Crippen LogP contribution in [-0.2, 0) is 9.53 Å². The molecule has 0 unspecified atom stereocenters. The van der Waals surface area contributed by atoms with Crippen LogP contribution < -0.4 is 10.2 Å². The Bertz CT molecular complexity index is 1050. The highest BCUT2D eigenvalue weighted by Gasteiger charge is 2.31. The fourth-order valence-electron chi connectivity index (χ4n) is 4.21. The molecule has 1 amide bonds. The van der Waals surface area contributed by atoms with Gasteiger partial charge in [-0.3, -0.25) is 19.8 Å². The van der Waals surface area contributed by atoms with Crippen LogP contribution in [0, 0.1) is 5.92 Å². The first kappa shape index (κ1) is 19.6. The summed E-state index contributed by atoms with van der Waals surface area (Å²) < 4.78 is 5.48. The van der Waals surface area contributed by atoms with Crippen LogP contribution in [0.15, 0.2) is 30.9 Å². The minimum atomic E-state index is 0.0193. The molecule has 3 aromatic heterocycles. The van der Waals surface area contributed by atoms with Crippen molar-refractivity contribution in [3.8, 4) is 22.8 Å². The van der Waals surface area contributed by atoms with Crippen molar-refractivity contribution in [3.63, 3.8) is 0 Å². The number of pyridine rings is 1. The van der Waals surface area contributed by atoms with Gasteiger partial charge in [0.25, 0.3) is 0 Å². The van der Waals surface area contributed by atoms with Gasteiger partial charge in [0, 0.05) is 25.4 Å². The van der Waals surface area contributed by atoms with Crippen LogP contribution >= 0.6 is 0 Å². The fraction of sp³-hybridized carbons (Fsp3) is 0.429. The average Bonchev–Trinajstić information content (AvgIpc) is 3.36. The van der Waals surface area contributed by atoms with E-state index in [0.717, 1.165) is 31.2 Å². The van der Waals surface area contributed by atoms with E-state index in [1.165, 1.54) is 6.33 Å². The van der Waals surface area contributed by atoms with Crippen molar-refractivity contribution in [2.75, 3.05) is 30.4 Å². The molecule has 0 atom stereocenters. The first-order valence-corrected chi connectivity index (χ1v) is 10.5. The first-order chi connectivity index (χ1) is 15.2. The second kappa shape index (κ2) is 8.38. The minimum absolute atomic E-state index is 0.0193. The molecule has 1 aliphatic heterocycles. The van der Waals surface area contributed by atoms with E-state index >= 15 is 0 Å². The second-order valence-corrected chi connectivity index (χ2v) is 7.92. The van der Waals surface area contributed by atoms with Gasteiger partial charge in [-0.1, -0.05) is 0 Å². The standard InChI is InChI=1S/C21H24N8O2/c1-31-15-5-2-13(3-6-15)11-29-18(30)10-24-20-21(29)27-17(9-23-20)14-4-7-16(22-8-14)19-25-12-26-28-19/h4,7-9,12-13,15H,2-3,5-6,10-11H2,1H3,(H,23,24)(H,25,26,28)/t13-,15-. The van der Waals surface area contributed by atoms with E-state index in [4.69, 9.17) is 9.72 Å². The van der Waals surface area contributed by atoms with Crippen LogP contribution in [0.5, 0.6) is 0 Å². The number of methoxy groups -OCH3 is 1. The molecule has 10 heteroatoms. The van der Waals surface area contributed by atoms with E-state index in [2.05, 4.69) is 30.5 Å². The highest BCUT2D eigenvalue weighted by Crippen LogP contribution is 2.32. The van der Waals surface area contributed by atoms with Gasteiger partial charge in [-0.2, -0.15) is 5.10 Å². The Labute approximate surface area is 179 Å². The lowest BCUT2D eigenvalue weighted by molar-refractivity contribution is -0.117. The second-order valence-electron chi connectivity index (χ2n) is 7.92. The summed E-state index contributed by atoms with van der Waals surface area (Å²) >= 11 is 0. The summed E-state index contributed by atoms with van der Waals surface area (Å²) in [5.74, 6) is 2.21. The summed E-state index contributed by atoms with van der Waals surface area (Å²) in [6.07, 6.45) is 9.42. The number of aromatic nitrogens is 6. The number of carbonyl (C=O) groups excluding carboxylic acids is 1. The van der Waals surface area contributed by atoms with E-state index in [1.807, 2.05) is 12.1 Å². The molecule has 2 aliphatic rings. The maximum atomic E-state index is 12.7. The number of rotatable bonds is 5. The normalized spacial score (nSPS) is 20.9. The number of carbonyl (C=O) groups is 1. The molecule has 1 fully saturated rings. The maximum absolute atomic E-state index is 12.7. The summed E-state index contributed by atoms with van der Waals surface area (Å²) in [5.41, 5.74) is 2.14. The molecular formula is C21H24N8O2. The number of nitrogens with zero attached hydrogens (tertiary/aromatic N) is 6. The lowest BCUT2D eigenvalue weighted by Crippen LogP contribution is -2.44. The van der Waals surface area contributed by atoms with Crippen LogP contribution in [-0.4, -0.2) is 62.3 Å². The van der Waals surface area contributed by atoms with E-state index in [-0.39, 0.29) is 12.5 Å². The van der Waals surface area contributed by atoms with Gasteiger partial charge < -0.3 is 10.1 Å². The highest BCUT2D eigenvalue weighted by molar-refractivity contribution is 6.00. The maximum Gasteiger partial charge on any atom is 0.247 e. The van der Waals surface area contributed by atoms with Crippen LogP contribution in [0.1, 0.15) is 25.7 Å². The molecule has 160 valence electrons. The molecule has 0 aromatic carbocycles. The number of hydrogen-bond donors (Lipinski definition) is 2. The van der Waals surface area contributed by atoms with E-state index in [9.17, 15) is 4.79 Å². The van der Waals surface area contributed by atoms with Crippen LogP contribution in [0.3, 0.4) is 0 Å². The summed E-state index contributed by atoms with van der Waals surface area (Å²) in [4.78, 5) is 32.4. The van der Waals surface area contributed by atoms with Gasteiger partial charge in [-0.05, 0) is 43.7 Å². The molecule has 31 heavy (non-hydrogen) atoms. The number of hydrogen-bond acceptors (Lipinski definition) is 8. The molecule has 5 rings (SSSR count). The third-order valence-corrected chi connectivity index (χ3v) is 5.99. The van der Waals surface area contributed by atoms with Gasteiger partial charge in [0.2, 0.25) is 5.91 Å². The number of ether oxygens (including phenoxy) is 1. The Morgan fingerprint density at radius 2 is 1.97 bits per heavy atom. The van der Waals surface area contributed by atoms with Crippen molar-refractivity contribution >= 4 is 17.5 Å². The molecule has 0 radical (unpaired) electrons. The lowest BCUT2D eigenvalue weighted by Gasteiger charge is -2.34. The third-order valence-electron chi connectivity index (χ3n) is 5.99. The van der Waals surface area contributed by atoms with Crippen molar-refractivity contribution in [2.24, 2.45) is 5.92 Å². The molecule has 2 N–H and O–H groups in total. The number of nitrogens with one attached hydrogen (secondary N) is 2. The first-order valence-electron chi connectivity index (χ1n) is 10.5. The monoisotopic (exact) mass is 420 g/mol. The topological polar surface area (TPSA) is 122 Å². The van der Waals surface area contributed by atoms with Gasteiger partial charge in [0.05, 0.1) is 24.5 Å². The third kappa shape index (κ3) is 3.98. The summed E-state index contributed by atoms with van der Waals surface area (Å²) in [6, 6.07) is 3.75. The Balaban J connectivity index is 1.38. The number of amides is 1. The average molecular weight is 420 g/mol. The van der Waals surface area contributed by atoms with E-state index in [1.54, 1.807) is 24.4 Å². The summed E-state index contributed by atoms with van der Waals surface area (Å²) in [6.45, 7) is 0.894. The van der Waals surface area contributed by atoms with Crippen molar-refractivity contribution in [3.05, 3.63) is 30.9 Å².